The van der Waals surface area contributed by atoms with E-state index < -0.39 is 85.7 Å². The van der Waals surface area contributed by atoms with Gasteiger partial charge in [-0.3, -0.25) is 4.79 Å². The molecule has 3 aliphatic rings. The van der Waals surface area contributed by atoms with Gasteiger partial charge in [-0.1, -0.05) is 6.07 Å². The van der Waals surface area contributed by atoms with Gasteiger partial charge in [0.05, 0.1) is 26.2 Å². The molecule has 0 saturated carbocycles. The molecule has 0 aliphatic carbocycles. The number of phenolic OH excluding ortho intramolecular Hbond substituents is 2. The summed E-state index contributed by atoms with van der Waals surface area (Å²) in [6.07, 6.45) is -16.3. The van der Waals surface area contributed by atoms with Crippen molar-refractivity contribution in [1.29, 1.82) is 0 Å². The Hall–Kier alpha value is -3.25. The van der Waals surface area contributed by atoms with Crippen LogP contribution in [0.1, 0.15) is 35.4 Å². The number of carbonyl (C=O) groups is 1. The first-order valence-electron chi connectivity index (χ1n) is 13.5. The van der Waals surface area contributed by atoms with Crippen LogP contribution in [0.4, 0.5) is 0 Å². The van der Waals surface area contributed by atoms with Gasteiger partial charge in [-0.2, -0.15) is 0 Å². The van der Waals surface area contributed by atoms with E-state index in [1.54, 1.807) is 6.07 Å². The van der Waals surface area contributed by atoms with Gasteiger partial charge in [0.1, 0.15) is 65.5 Å². The number of ether oxygens (including phenoxy) is 6. The average molecular weight is 611 g/mol. The van der Waals surface area contributed by atoms with Gasteiger partial charge in [-0.05, 0) is 24.6 Å². The molecule has 2 aromatic carbocycles. The Bertz CT molecular complexity index is 1320. The predicted molar refractivity (Wildman–Crippen MR) is 141 cm³/mol. The van der Waals surface area contributed by atoms with Crippen LogP contribution in [0.25, 0.3) is 0 Å². The van der Waals surface area contributed by atoms with Crippen molar-refractivity contribution in [2.45, 2.75) is 80.9 Å². The van der Waals surface area contributed by atoms with Crippen molar-refractivity contribution in [1.82, 2.24) is 0 Å². The molecule has 2 fully saturated rings. The van der Waals surface area contributed by atoms with Crippen LogP contribution in [0.3, 0.4) is 0 Å². The first kappa shape index (κ1) is 31.2. The third kappa shape index (κ3) is 5.95. The normalized spacial score (nSPS) is 36.0. The Morgan fingerprint density at radius 2 is 1.63 bits per heavy atom. The lowest BCUT2D eigenvalue weighted by Gasteiger charge is -2.45. The van der Waals surface area contributed by atoms with E-state index in [4.69, 9.17) is 28.4 Å². The molecule has 0 bridgehead atoms. The van der Waals surface area contributed by atoms with Gasteiger partial charge in [0.25, 0.3) is 0 Å². The number of fused-ring (bicyclic) bond motifs is 1. The number of phenols is 2. The lowest BCUT2D eigenvalue weighted by Crippen LogP contribution is -2.64. The molecule has 15 nitrogen and oxygen atoms in total. The Kier molecular flexibility index (Phi) is 8.99. The highest BCUT2D eigenvalue weighted by Gasteiger charge is 2.51. The van der Waals surface area contributed by atoms with E-state index in [2.05, 4.69) is 0 Å². The highest BCUT2D eigenvalue weighted by Crippen LogP contribution is 2.43. The number of rotatable bonds is 7. The van der Waals surface area contributed by atoms with Crippen LogP contribution in [0.15, 0.2) is 30.3 Å². The largest absolute Gasteiger partial charge is 0.507 e. The predicted octanol–water partition coefficient (Wildman–Crippen LogP) is -1.16. The van der Waals surface area contributed by atoms with Gasteiger partial charge in [0.2, 0.25) is 6.29 Å². The number of ketones is 1. The minimum absolute atomic E-state index is 0.0592. The molecule has 0 radical (unpaired) electrons. The van der Waals surface area contributed by atoms with E-state index in [1.165, 1.54) is 32.2 Å². The van der Waals surface area contributed by atoms with E-state index in [0.717, 1.165) is 6.07 Å². The monoisotopic (exact) mass is 610 g/mol. The molecule has 0 amide bonds. The van der Waals surface area contributed by atoms with Gasteiger partial charge >= 0.3 is 0 Å². The van der Waals surface area contributed by atoms with Crippen molar-refractivity contribution in [3.8, 4) is 28.7 Å². The number of Topliss-reactive ketones (excluding diaryl/α,β-unsaturated/α-hetero) is 1. The molecule has 5 rings (SSSR count). The summed E-state index contributed by atoms with van der Waals surface area (Å²) in [5.41, 5.74) is 0.352. The van der Waals surface area contributed by atoms with Crippen LogP contribution < -0.4 is 14.2 Å². The minimum atomic E-state index is -1.76. The van der Waals surface area contributed by atoms with Crippen LogP contribution in [0, 0.1) is 0 Å². The van der Waals surface area contributed by atoms with Crippen molar-refractivity contribution in [2.24, 2.45) is 0 Å². The number of hydrogen-bond acceptors (Lipinski definition) is 15. The smallest absolute Gasteiger partial charge is 0.229 e. The maximum absolute atomic E-state index is 13.0. The molecular weight excluding hydrogens is 576 g/mol. The second-order valence-electron chi connectivity index (χ2n) is 10.6. The van der Waals surface area contributed by atoms with Crippen LogP contribution in [-0.4, -0.2) is 122 Å². The van der Waals surface area contributed by atoms with E-state index in [-0.39, 0.29) is 35.0 Å². The van der Waals surface area contributed by atoms with Crippen LogP contribution >= 0.6 is 0 Å². The molecule has 11 atom stereocenters. The Morgan fingerprint density at radius 1 is 0.884 bits per heavy atom. The Morgan fingerprint density at radius 3 is 2.30 bits per heavy atom. The Balaban J connectivity index is 1.41. The molecule has 3 aliphatic heterocycles. The SMILES string of the molecule is COc1ccc([C@@H]2CC(=O)c3c(O)cc(O[C@@H]4O[C@H](CO)[C@@H](O)[C@@H](O)[C@@H]4O[C@@H]4O[C@H](C)[C@H](O)[C@H](O)[C@@H]4O)cc3O2)cc1O. The number of methoxy groups -OCH3 is 1. The summed E-state index contributed by atoms with van der Waals surface area (Å²) in [6.45, 7) is 0.699. The van der Waals surface area contributed by atoms with E-state index >= 15 is 0 Å². The topological polar surface area (TPSA) is 234 Å². The van der Waals surface area contributed by atoms with Gasteiger partial charge in [-0.25, -0.2) is 0 Å². The van der Waals surface area contributed by atoms with Crippen molar-refractivity contribution in [2.75, 3.05) is 13.7 Å². The number of aromatic hydroxyl groups is 2. The summed E-state index contributed by atoms with van der Waals surface area (Å²) in [4.78, 5) is 13.0. The molecule has 43 heavy (non-hydrogen) atoms. The molecule has 0 spiro atoms. The van der Waals surface area contributed by atoms with Crippen molar-refractivity contribution < 1.29 is 74.1 Å². The molecule has 3 heterocycles. The third-order valence-corrected chi connectivity index (χ3v) is 7.72. The summed E-state index contributed by atoms with van der Waals surface area (Å²) in [5.74, 6) is -1.06. The lowest BCUT2D eigenvalue weighted by atomic mass is 9.95. The molecule has 236 valence electrons. The summed E-state index contributed by atoms with van der Waals surface area (Å²) >= 11 is 0. The van der Waals surface area contributed by atoms with Gasteiger partial charge in [0.15, 0.2) is 29.7 Å². The van der Waals surface area contributed by atoms with E-state index in [9.17, 15) is 45.6 Å². The summed E-state index contributed by atoms with van der Waals surface area (Å²) in [5, 5.41) is 82.4. The van der Waals surface area contributed by atoms with E-state index in [0.29, 0.717) is 5.56 Å². The second kappa shape index (κ2) is 12.4. The quantitative estimate of drug-likeness (QED) is 0.185. The van der Waals surface area contributed by atoms with Gasteiger partial charge in [-0.15, -0.1) is 0 Å². The molecule has 0 aromatic heterocycles. The first-order valence-corrected chi connectivity index (χ1v) is 13.5. The van der Waals surface area contributed by atoms with E-state index in [1.807, 2.05) is 0 Å². The minimum Gasteiger partial charge on any atom is -0.507 e. The highest BCUT2D eigenvalue weighted by molar-refractivity contribution is 6.02. The fourth-order valence-corrected chi connectivity index (χ4v) is 5.29. The fraction of sp³-hybridized carbons (Fsp3) is 0.536. The van der Waals surface area contributed by atoms with Crippen LogP contribution in [0.5, 0.6) is 28.7 Å². The lowest BCUT2D eigenvalue weighted by molar-refractivity contribution is -0.354. The maximum atomic E-state index is 13.0. The second-order valence-corrected chi connectivity index (χ2v) is 10.6. The van der Waals surface area contributed by atoms with Crippen LogP contribution in [0.2, 0.25) is 0 Å². The zero-order valence-electron chi connectivity index (χ0n) is 23.1. The summed E-state index contributed by atoms with van der Waals surface area (Å²) in [7, 11) is 1.39. The molecule has 2 aromatic rings. The number of hydrogen-bond donors (Lipinski definition) is 8. The van der Waals surface area contributed by atoms with Crippen molar-refractivity contribution in [3.05, 3.63) is 41.5 Å². The summed E-state index contributed by atoms with van der Waals surface area (Å²) in [6, 6.07) is 6.89. The van der Waals surface area contributed by atoms with Gasteiger partial charge in [0, 0.05) is 12.1 Å². The molecule has 0 unspecified atom stereocenters. The Labute approximate surface area is 245 Å². The zero-order chi connectivity index (χ0) is 31.2. The standard InChI is InChI=1S/C28H34O15/c1-10-21(33)23(35)25(37)27(39-10)43-26-24(36)22(34)19(9-29)42-28(26)40-12-6-14(31)20-15(32)8-17(41-18(20)7-12)11-3-4-16(38-2)13(30)5-11/h3-7,10,17,19,21-31,33-37H,8-9H2,1-2H3/t10-,17+,19-,21+,22-,23+,24-,25+,26+,27+,28-/m1/s1. The number of aliphatic hydroxyl groups excluding tert-OH is 6. The number of aliphatic hydroxyl groups is 6. The number of carbonyl (C=O) groups excluding carboxylic acids is 1. The fourth-order valence-electron chi connectivity index (χ4n) is 5.29. The number of benzene rings is 2. The molecule has 15 heteroatoms. The van der Waals surface area contributed by atoms with Crippen molar-refractivity contribution in [3.63, 3.8) is 0 Å². The molecular formula is C28H34O15. The molecule has 2 saturated heterocycles. The highest BCUT2D eigenvalue weighted by atomic mass is 16.8. The zero-order valence-corrected chi connectivity index (χ0v) is 23.1. The summed E-state index contributed by atoms with van der Waals surface area (Å²) < 4.78 is 33.7. The first-order chi connectivity index (χ1) is 20.4. The van der Waals surface area contributed by atoms with Gasteiger partial charge < -0.3 is 69.3 Å². The third-order valence-electron chi connectivity index (χ3n) is 7.72. The van der Waals surface area contributed by atoms with Crippen molar-refractivity contribution >= 4 is 5.78 Å². The maximum Gasteiger partial charge on any atom is 0.229 e. The average Bonchev–Trinajstić information content (AvgIpc) is 2.97. The van der Waals surface area contributed by atoms with Crippen LogP contribution in [-0.2, 0) is 14.2 Å². The molecule has 8 N–H and O–H groups in total.